The number of nitrogens with two attached hydrogens (primary N) is 1. The number of rotatable bonds is 4. The van der Waals surface area contributed by atoms with E-state index in [2.05, 4.69) is 19.1 Å². The van der Waals surface area contributed by atoms with Crippen LogP contribution >= 0.6 is 0 Å². The normalized spacial score (nSPS) is 17.8. The number of carbonyl (C=O) groups is 1. The van der Waals surface area contributed by atoms with Crippen molar-refractivity contribution in [1.29, 1.82) is 0 Å². The molecule has 2 rings (SSSR count). The third-order valence-corrected chi connectivity index (χ3v) is 4.47. The van der Waals surface area contributed by atoms with Crippen LogP contribution in [0.15, 0.2) is 24.3 Å². The first-order valence-electron chi connectivity index (χ1n) is 7.59. The van der Waals surface area contributed by atoms with E-state index in [1.807, 2.05) is 24.1 Å². The minimum Gasteiger partial charge on any atom is -0.341 e. The highest BCUT2D eigenvalue weighted by molar-refractivity contribution is 5.82. The molecule has 0 heterocycles. The van der Waals surface area contributed by atoms with Crippen LogP contribution < -0.4 is 5.73 Å². The maximum Gasteiger partial charge on any atom is 0.228 e. The highest BCUT2D eigenvalue weighted by Crippen LogP contribution is 2.37. The van der Waals surface area contributed by atoms with Crippen molar-refractivity contribution in [3.63, 3.8) is 0 Å². The number of amides is 1. The standard InChI is InChI=1S/C17H26N2O/c1-17(9-4-3-5-10-17)16(20)19(2)13-15-8-6-7-14(11-15)12-18/h6-8,11H,3-5,9-10,12-13,18H2,1-2H3. The molecule has 0 radical (unpaired) electrons. The van der Waals surface area contributed by atoms with Crippen molar-refractivity contribution >= 4 is 5.91 Å². The zero-order valence-corrected chi connectivity index (χ0v) is 12.7. The molecule has 1 amide bonds. The molecule has 3 heteroatoms. The number of hydrogen-bond donors (Lipinski definition) is 1. The Bertz CT molecular complexity index is 464. The molecule has 1 aromatic rings. The fraction of sp³-hybridized carbons (Fsp3) is 0.588. The molecule has 0 spiro atoms. The number of benzene rings is 1. The van der Waals surface area contributed by atoms with Crippen molar-refractivity contribution < 1.29 is 4.79 Å². The van der Waals surface area contributed by atoms with E-state index >= 15 is 0 Å². The summed E-state index contributed by atoms with van der Waals surface area (Å²) in [5.41, 5.74) is 7.79. The van der Waals surface area contributed by atoms with Gasteiger partial charge in [-0.2, -0.15) is 0 Å². The summed E-state index contributed by atoms with van der Waals surface area (Å²) in [5, 5.41) is 0. The molecule has 110 valence electrons. The van der Waals surface area contributed by atoms with E-state index in [9.17, 15) is 4.79 Å². The van der Waals surface area contributed by atoms with Gasteiger partial charge in [-0.05, 0) is 24.0 Å². The molecule has 0 saturated heterocycles. The average molecular weight is 274 g/mol. The Morgan fingerprint density at radius 3 is 2.55 bits per heavy atom. The molecule has 1 aromatic carbocycles. The van der Waals surface area contributed by atoms with Crippen molar-refractivity contribution in [1.82, 2.24) is 4.90 Å². The maximum atomic E-state index is 12.7. The van der Waals surface area contributed by atoms with Crippen LogP contribution in [0, 0.1) is 5.41 Å². The van der Waals surface area contributed by atoms with Gasteiger partial charge in [-0.3, -0.25) is 4.79 Å². The van der Waals surface area contributed by atoms with Crippen molar-refractivity contribution in [3.05, 3.63) is 35.4 Å². The van der Waals surface area contributed by atoms with Gasteiger partial charge in [0.2, 0.25) is 5.91 Å². The first kappa shape index (κ1) is 15.0. The Morgan fingerprint density at radius 2 is 1.90 bits per heavy atom. The molecular weight excluding hydrogens is 248 g/mol. The van der Waals surface area contributed by atoms with Crippen molar-refractivity contribution in [2.24, 2.45) is 11.1 Å². The van der Waals surface area contributed by atoms with Gasteiger partial charge in [0.1, 0.15) is 0 Å². The van der Waals surface area contributed by atoms with Gasteiger partial charge in [0, 0.05) is 25.6 Å². The fourth-order valence-electron chi connectivity index (χ4n) is 3.21. The van der Waals surface area contributed by atoms with Crippen LogP contribution in [-0.2, 0) is 17.9 Å². The summed E-state index contributed by atoms with van der Waals surface area (Å²) in [5.74, 6) is 0.287. The lowest BCUT2D eigenvalue weighted by Crippen LogP contribution is -2.41. The highest BCUT2D eigenvalue weighted by atomic mass is 16.2. The zero-order chi connectivity index (χ0) is 14.6. The van der Waals surface area contributed by atoms with Crippen LogP contribution in [0.5, 0.6) is 0 Å². The molecular formula is C17H26N2O. The Kier molecular flexibility index (Phi) is 4.81. The van der Waals surface area contributed by atoms with E-state index in [1.165, 1.54) is 19.3 Å². The van der Waals surface area contributed by atoms with Gasteiger partial charge in [0.15, 0.2) is 0 Å². The third-order valence-electron chi connectivity index (χ3n) is 4.47. The second-order valence-electron chi connectivity index (χ2n) is 6.31. The highest BCUT2D eigenvalue weighted by Gasteiger charge is 2.36. The van der Waals surface area contributed by atoms with Gasteiger partial charge in [0.05, 0.1) is 0 Å². The first-order valence-corrected chi connectivity index (χ1v) is 7.59. The molecule has 1 aliphatic rings. The molecule has 0 aliphatic heterocycles. The van der Waals surface area contributed by atoms with Gasteiger partial charge >= 0.3 is 0 Å². The van der Waals surface area contributed by atoms with E-state index in [-0.39, 0.29) is 11.3 Å². The summed E-state index contributed by atoms with van der Waals surface area (Å²) in [6.07, 6.45) is 5.68. The van der Waals surface area contributed by atoms with Gasteiger partial charge in [-0.15, -0.1) is 0 Å². The van der Waals surface area contributed by atoms with Crippen LogP contribution in [0.1, 0.15) is 50.2 Å². The van der Waals surface area contributed by atoms with Crippen molar-refractivity contribution in [2.45, 2.75) is 52.1 Å². The average Bonchev–Trinajstić information content (AvgIpc) is 2.47. The van der Waals surface area contributed by atoms with E-state index in [0.29, 0.717) is 13.1 Å². The third kappa shape index (κ3) is 3.40. The number of hydrogen-bond acceptors (Lipinski definition) is 2. The Morgan fingerprint density at radius 1 is 1.25 bits per heavy atom. The molecule has 1 fully saturated rings. The molecule has 20 heavy (non-hydrogen) atoms. The largest absolute Gasteiger partial charge is 0.341 e. The summed E-state index contributed by atoms with van der Waals surface area (Å²) in [7, 11) is 1.91. The second-order valence-corrected chi connectivity index (χ2v) is 6.31. The molecule has 2 N–H and O–H groups in total. The topological polar surface area (TPSA) is 46.3 Å². The Hall–Kier alpha value is -1.35. The van der Waals surface area contributed by atoms with Crippen LogP contribution in [0.2, 0.25) is 0 Å². The van der Waals surface area contributed by atoms with Gasteiger partial charge in [0.25, 0.3) is 0 Å². The van der Waals surface area contributed by atoms with Crippen LogP contribution in [0.3, 0.4) is 0 Å². The number of nitrogens with zero attached hydrogens (tertiary/aromatic N) is 1. The Balaban J connectivity index is 2.03. The molecule has 0 aromatic heterocycles. The van der Waals surface area contributed by atoms with Crippen LogP contribution in [0.25, 0.3) is 0 Å². The molecule has 1 aliphatic carbocycles. The quantitative estimate of drug-likeness (QED) is 0.917. The smallest absolute Gasteiger partial charge is 0.228 e. The van der Waals surface area contributed by atoms with E-state index < -0.39 is 0 Å². The minimum atomic E-state index is -0.154. The maximum absolute atomic E-state index is 12.7. The minimum absolute atomic E-state index is 0.154. The van der Waals surface area contributed by atoms with E-state index in [1.54, 1.807) is 0 Å². The van der Waals surface area contributed by atoms with Gasteiger partial charge in [-0.1, -0.05) is 50.5 Å². The number of carbonyl (C=O) groups excluding carboxylic acids is 1. The molecule has 0 unspecified atom stereocenters. The van der Waals surface area contributed by atoms with E-state index in [4.69, 9.17) is 5.73 Å². The molecule has 0 atom stereocenters. The van der Waals surface area contributed by atoms with Crippen molar-refractivity contribution in [3.8, 4) is 0 Å². The molecule has 1 saturated carbocycles. The van der Waals surface area contributed by atoms with Crippen molar-refractivity contribution in [2.75, 3.05) is 7.05 Å². The summed E-state index contributed by atoms with van der Waals surface area (Å²) in [4.78, 5) is 14.6. The van der Waals surface area contributed by atoms with E-state index in [0.717, 1.165) is 24.0 Å². The molecule has 3 nitrogen and oxygen atoms in total. The lowest BCUT2D eigenvalue weighted by molar-refractivity contribution is -0.142. The molecule has 0 bridgehead atoms. The monoisotopic (exact) mass is 274 g/mol. The van der Waals surface area contributed by atoms with Crippen LogP contribution in [-0.4, -0.2) is 17.9 Å². The predicted molar refractivity (Wildman–Crippen MR) is 82.0 cm³/mol. The van der Waals surface area contributed by atoms with Gasteiger partial charge < -0.3 is 10.6 Å². The second kappa shape index (κ2) is 6.40. The first-order chi connectivity index (χ1) is 9.55. The van der Waals surface area contributed by atoms with Crippen LogP contribution in [0.4, 0.5) is 0 Å². The summed E-state index contributed by atoms with van der Waals surface area (Å²) >= 11 is 0. The SMILES string of the molecule is CN(Cc1cccc(CN)c1)C(=O)C1(C)CCCCC1. The zero-order valence-electron chi connectivity index (χ0n) is 12.7. The summed E-state index contributed by atoms with van der Waals surface area (Å²) in [6, 6.07) is 8.19. The fourth-order valence-corrected chi connectivity index (χ4v) is 3.21. The summed E-state index contributed by atoms with van der Waals surface area (Å²) < 4.78 is 0. The lowest BCUT2D eigenvalue weighted by Gasteiger charge is -2.35. The lowest BCUT2D eigenvalue weighted by atomic mass is 9.74. The Labute approximate surface area is 122 Å². The predicted octanol–water partition coefficient (Wildman–Crippen LogP) is 3.07. The summed E-state index contributed by atoms with van der Waals surface area (Å²) in [6.45, 7) is 3.34. The van der Waals surface area contributed by atoms with Gasteiger partial charge in [-0.25, -0.2) is 0 Å².